The van der Waals surface area contributed by atoms with Gasteiger partial charge in [0.1, 0.15) is 0 Å². The molecule has 0 N–H and O–H groups in total. The maximum Gasteiger partial charge on any atom is 0.379 e. The molecule has 0 atom stereocenters. The SMILES string of the molecule is CC.Cc1ccccc1.Cc1ccccc1.FC(F)F.FC(F)F.[CH3-].[Y]. The van der Waals surface area contributed by atoms with E-state index in [1.54, 1.807) is 0 Å². The molecule has 7 heteroatoms. The van der Waals surface area contributed by atoms with Crippen molar-refractivity contribution in [2.75, 3.05) is 0 Å². The van der Waals surface area contributed by atoms with Crippen LogP contribution in [-0.4, -0.2) is 13.4 Å². The molecule has 149 valence electrons. The Morgan fingerprint density at radius 1 is 0.538 bits per heavy atom. The minimum atomic E-state index is -3.67. The van der Waals surface area contributed by atoms with Crippen molar-refractivity contribution in [1.82, 2.24) is 0 Å². The molecule has 0 heterocycles. The molecule has 26 heavy (non-hydrogen) atoms. The molecule has 0 saturated carbocycles. The van der Waals surface area contributed by atoms with Crippen LogP contribution in [0.4, 0.5) is 26.3 Å². The van der Waals surface area contributed by atoms with Gasteiger partial charge in [0.25, 0.3) is 0 Å². The summed E-state index contributed by atoms with van der Waals surface area (Å²) in [5.41, 5.74) is 2.64. The van der Waals surface area contributed by atoms with Crippen molar-refractivity contribution in [3.05, 3.63) is 79.2 Å². The Morgan fingerprint density at radius 2 is 0.692 bits per heavy atom. The number of rotatable bonds is 0. The Labute approximate surface area is 178 Å². The Balaban J connectivity index is -0.0000000736. The molecular weight excluding hydrogens is 431 g/mol. The first-order valence-electron chi connectivity index (χ1n) is 7.13. The maximum atomic E-state index is 9.67. The molecule has 2 aromatic carbocycles. The number of alkyl halides is 6. The van der Waals surface area contributed by atoms with Crippen LogP contribution >= 0.6 is 0 Å². The summed E-state index contributed by atoms with van der Waals surface area (Å²) < 4.78 is 58.0. The van der Waals surface area contributed by atoms with Gasteiger partial charge in [0.05, 0.1) is 0 Å². The first-order chi connectivity index (χ1) is 11.3. The molecule has 0 spiro atoms. The number of aryl methyl sites for hydroxylation is 2. The topological polar surface area (TPSA) is 0 Å². The molecule has 0 bridgehead atoms. The van der Waals surface area contributed by atoms with E-state index in [9.17, 15) is 26.3 Å². The summed E-state index contributed by atoms with van der Waals surface area (Å²) in [6, 6.07) is 20.5. The third-order valence-corrected chi connectivity index (χ3v) is 1.88. The van der Waals surface area contributed by atoms with Gasteiger partial charge >= 0.3 is 13.4 Å². The van der Waals surface area contributed by atoms with E-state index in [-0.39, 0.29) is 40.1 Å². The molecule has 0 nitrogen and oxygen atoms in total. The van der Waals surface area contributed by atoms with Crippen LogP contribution in [-0.2, 0) is 32.7 Å². The average Bonchev–Trinajstić information content (AvgIpc) is 2.50. The van der Waals surface area contributed by atoms with Gasteiger partial charge in [-0.2, -0.15) is 26.3 Å². The van der Waals surface area contributed by atoms with Crippen LogP contribution in [0.15, 0.2) is 60.7 Å². The molecule has 2 aromatic rings. The van der Waals surface area contributed by atoms with E-state index in [1.807, 2.05) is 50.2 Å². The Kier molecular flexibility index (Phi) is 40.1. The van der Waals surface area contributed by atoms with E-state index in [4.69, 9.17) is 0 Å². The summed E-state index contributed by atoms with van der Waals surface area (Å²) in [7, 11) is 0. The molecule has 0 aromatic heterocycles. The predicted molar refractivity (Wildman–Crippen MR) is 94.3 cm³/mol. The molecule has 0 saturated heterocycles. The molecule has 0 aliphatic carbocycles. The van der Waals surface area contributed by atoms with Gasteiger partial charge in [0.15, 0.2) is 0 Å². The zero-order valence-electron chi connectivity index (χ0n) is 15.8. The zero-order valence-corrected chi connectivity index (χ0v) is 18.6. The van der Waals surface area contributed by atoms with E-state index in [2.05, 4.69) is 38.1 Å². The predicted octanol–water partition coefficient (Wildman–Crippen LogP) is 7.82. The van der Waals surface area contributed by atoms with E-state index < -0.39 is 13.4 Å². The van der Waals surface area contributed by atoms with Crippen LogP contribution in [0.5, 0.6) is 0 Å². The number of benzene rings is 2. The molecule has 0 amide bonds. The zero-order chi connectivity index (χ0) is 19.4. The van der Waals surface area contributed by atoms with Crippen molar-refractivity contribution in [1.29, 1.82) is 0 Å². The van der Waals surface area contributed by atoms with Crippen molar-refractivity contribution in [2.24, 2.45) is 0 Å². The van der Waals surface area contributed by atoms with Gasteiger partial charge in [-0.1, -0.05) is 85.6 Å². The normalized spacial score (nSPS) is 7.69. The monoisotopic (exact) mass is 458 g/mol. The smallest absolute Gasteiger partial charge is 0.358 e. The van der Waals surface area contributed by atoms with Crippen LogP contribution in [0.3, 0.4) is 0 Å². The van der Waals surface area contributed by atoms with Crippen LogP contribution in [0.2, 0.25) is 0 Å². The molecule has 0 unspecified atom stereocenters. The van der Waals surface area contributed by atoms with Gasteiger partial charge in [-0.3, -0.25) is 0 Å². The summed E-state index contributed by atoms with van der Waals surface area (Å²) in [6.07, 6.45) is 0. The fourth-order valence-corrected chi connectivity index (χ4v) is 1.07. The van der Waals surface area contributed by atoms with Crippen molar-refractivity contribution >= 4 is 0 Å². The second kappa shape index (κ2) is 28.9. The number of halogens is 6. The van der Waals surface area contributed by atoms with Crippen molar-refractivity contribution in [3.8, 4) is 0 Å². The van der Waals surface area contributed by atoms with Gasteiger partial charge in [-0.25, -0.2) is 0 Å². The van der Waals surface area contributed by atoms with Gasteiger partial charge in [-0.15, -0.1) is 0 Å². The molecule has 0 aliphatic rings. The maximum absolute atomic E-state index is 9.67. The fourth-order valence-electron chi connectivity index (χ4n) is 1.07. The van der Waals surface area contributed by atoms with Gasteiger partial charge < -0.3 is 7.43 Å². The van der Waals surface area contributed by atoms with E-state index in [0.29, 0.717) is 0 Å². The van der Waals surface area contributed by atoms with E-state index >= 15 is 0 Å². The minimum Gasteiger partial charge on any atom is -0.358 e. The number of hydrogen-bond acceptors (Lipinski definition) is 0. The second-order valence-electron chi connectivity index (χ2n) is 3.80. The Morgan fingerprint density at radius 3 is 0.769 bits per heavy atom. The van der Waals surface area contributed by atoms with Gasteiger partial charge in [0, 0.05) is 32.7 Å². The minimum absolute atomic E-state index is 0. The van der Waals surface area contributed by atoms with Crippen LogP contribution in [0.1, 0.15) is 25.0 Å². The largest absolute Gasteiger partial charge is 0.379 e. The Hall–Kier alpha value is -0.876. The van der Waals surface area contributed by atoms with Crippen molar-refractivity contribution in [3.63, 3.8) is 0 Å². The van der Waals surface area contributed by atoms with E-state index in [1.165, 1.54) is 11.1 Å². The third kappa shape index (κ3) is 49.5. The van der Waals surface area contributed by atoms with Gasteiger partial charge in [-0.05, 0) is 13.8 Å². The summed E-state index contributed by atoms with van der Waals surface area (Å²) in [5.74, 6) is 0. The second-order valence-corrected chi connectivity index (χ2v) is 3.80. The summed E-state index contributed by atoms with van der Waals surface area (Å²) in [4.78, 5) is 0. The summed E-state index contributed by atoms with van der Waals surface area (Å²) in [6.45, 7) is 0.833. The molecular formula is C19H27F6Y-. The fraction of sp³-hybridized carbons (Fsp3) is 0.316. The first-order valence-corrected chi connectivity index (χ1v) is 7.13. The van der Waals surface area contributed by atoms with Crippen LogP contribution < -0.4 is 0 Å². The number of hydrogen-bond donors (Lipinski definition) is 0. The molecule has 0 fully saturated rings. The van der Waals surface area contributed by atoms with Crippen LogP contribution in [0, 0.1) is 21.3 Å². The first kappa shape index (κ1) is 36.1. The van der Waals surface area contributed by atoms with E-state index in [0.717, 1.165) is 0 Å². The molecule has 0 aliphatic heterocycles. The molecule has 2 rings (SSSR count). The van der Waals surface area contributed by atoms with Gasteiger partial charge in [0.2, 0.25) is 0 Å². The average molecular weight is 458 g/mol. The van der Waals surface area contributed by atoms with Crippen molar-refractivity contribution < 1.29 is 59.1 Å². The third-order valence-electron chi connectivity index (χ3n) is 1.88. The van der Waals surface area contributed by atoms with Crippen molar-refractivity contribution in [2.45, 2.75) is 41.1 Å². The van der Waals surface area contributed by atoms with Crippen LogP contribution in [0.25, 0.3) is 0 Å². The summed E-state index contributed by atoms with van der Waals surface area (Å²) in [5, 5.41) is 0. The molecule has 1 radical (unpaired) electrons. The summed E-state index contributed by atoms with van der Waals surface area (Å²) >= 11 is 0. The standard InChI is InChI=1S/2C7H8.C2H6.2CHF3.CH3.Y/c2*1-7-5-3-2-4-6-7;1-2;2*2-1(3)4;;/h2*2-6H,1H3;1-2H3;2*1H;1H3;/q;;;;;-1;. The quantitative estimate of drug-likeness (QED) is 0.279. The Bertz CT molecular complexity index is 389.